The van der Waals surface area contributed by atoms with E-state index in [1.54, 1.807) is 0 Å². The van der Waals surface area contributed by atoms with Gasteiger partial charge in [0.05, 0.1) is 0 Å². The molecule has 1 rings (SSSR count). The molecular formula is C17H27BrN4O. The van der Waals surface area contributed by atoms with Crippen molar-refractivity contribution in [1.29, 1.82) is 0 Å². The van der Waals surface area contributed by atoms with Gasteiger partial charge in [-0.15, -0.1) is 0 Å². The van der Waals surface area contributed by atoms with Gasteiger partial charge in [-0.3, -0.25) is 4.79 Å². The maximum Gasteiger partial charge on any atom is 0.242 e. The Labute approximate surface area is 147 Å². The summed E-state index contributed by atoms with van der Waals surface area (Å²) < 4.78 is 1.06. The number of hydrogen-bond acceptors (Lipinski definition) is 2. The standard InChI is InChI=1S/C17H27BrN4O/c1-6-19-16(20-11-15(23)21-17(2,3)4)22(5)12-13-7-9-14(18)10-8-13/h7-10H,6,11-12H2,1-5H3,(H,19,20)(H,21,23). The van der Waals surface area contributed by atoms with Gasteiger partial charge in [-0.2, -0.15) is 0 Å². The first kappa shape index (κ1) is 19.5. The first-order valence-electron chi connectivity index (χ1n) is 7.76. The highest BCUT2D eigenvalue weighted by molar-refractivity contribution is 9.10. The Morgan fingerprint density at radius 2 is 1.87 bits per heavy atom. The van der Waals surface area contributed by atoms with Gasteiger partial charge in [-0.05, 0) is 45.4 Å². The number of carbonyl (C=O) groups excluding carboxylic acids is 1. The number of guanidine groups is 1. The first-order chi connectivity index (χ1) is 10.7. The smallest absolute Gasteiger partial charge is 0.242 e. The van der Waals surface area contributed by atoms with Crippen LogP contribution in [-0.2, 0) is 11.3 Å². The number of aliphatic imine (C=N–C) groups is 1. The van der Waals surface area contributed by atoms with Crippen molar-refractivity contribution < 1.29 is 4.79 Å². The third-order valence-corrected chi connectivity index (χ3v) is 3.44. The summed E-state index contributed by atoms with van der Waals surface area (Å²) >= 11 is 3.44. The van der Waals surface area contributed by atoms with Gasteiger partial charge in [0.15, 0.2) is 5.96 Å². The van der Waals surface area contributed by atoms with E-state index < -0.39 is 0 Å². The molecule has 128 valence electrons. The average Bonchev–Trinajstić information content (AvgIpc) is 2.44. The quantitative estimate of drug-likeness (QED) is 0.607. The highest BCUT2D eigenvalue weighted by Crippen LogP contribution is 2.11. The van der Waals surface area contributed by atoms with Crippen LogP contribution in [0, 0.1) is 0 Å². The lowest BCUT2D eigenvalue weighted by molar-refractivity contribution is -0.121. The molecule has 1 amide bonds. The zero-order valence-electron chi connectivity index (χ0n) is 14.6. The van der Waals surface area contributed by atoms with Crippen molar-refractivity contribution in [2.45, 2.75) is 39.8 Å². The molecule has 6 heteroatoms. The molecule has 2 N–H and O–H groups in total. The molecule has 0 atom stereocenters. The number of rotatable bonds is 5. The van der Waals surface area contributed by atoms with Gasteiger partial charge >= 0.3 is 0 Å². The maximum atomic E-state index is 11.9. The second-order valence-electron chi connectivity index (χ2n) is 6.45. The van der Waals surface area contributed by atoms with Crippen LogP contribution in [0.1, 0.15) is 33.3 Å². The summed E-state index contributed by atoms with van der Waals surface area (Å²) in [6.45, 7) is 9.48. The Morgan fingerprint density at radius 3 is 2.39 bits per heavy atom. The lowest BCUT2D eigenvalue weighted by Gasteiger charge is -2.23. The van der Waals surface area contributed by atoms with Crippen molar-refractivity contribution in [3.63, 3.8) is 0 Å². The van der Waals surface area contributed by atoms with E-state index >= 15 is 0 Å². The molecule has 0 aliphatic carbocycles. The lowest BCUT2D eigenvalue weighted by Crippen LogP contribution is -2.43. The van der Waals surface area contributed by atoms with Crippen LogP contribution in [-0.4, -0.2) is 42.4 Å². The molecular weight excluding hydrogens is 356 g/mol. The third-order valence-electron chi connectivity index (χ3n) is 2.92. The van der Waals surface area contributed by atoms with E-state index in [-0.39, 0.29) is 18.0 Å². The van der Waals surface area contributed by atoms with E-state index in [0.29, 0.717) is 0 Å². The van der Waals surface area contributed by atoms with Crippen molar-refractivity contribution in [3.05, 3.63) is 34.3 Å². The molecule has 0 aliphatic rings. The summed E-state index contributed by atoms with van der Waals surface area (Å²) in [7, 11) is 1.96. The number of amides is 1. The number of halogens is 1. The second-order valence-corrected chi connectivity index (χ2v) is 7.37. The number of benzene rings is 1. The molecule has 0 saturated carbocycles. The van der Waals surface area contributed by atoms with E-state index in [9.17, 15) is 4.79 Å². The SMILES string of the molecule is CCNC(=NCC(=O)NC(C)(C)C)N(C)Cc1ccc(Br)cc1. The summed E-state index contributed by atoms with van der Waals surface area (Å²) in [6.07, 6.45) is 0. The Kier molecular flexibility index (Phi) is 7.55. The molecule has 0 aliphatic heterocycles. The summed E-state index contributed by atoms with van der Waals surface area (Å²) in [6, 6.07) is 8.17. The van der Waals surface area contributed by atoms with Gasteiger partial charge in [0, 0.05) is 30.1 Å². The van der Waals surface area contributed by atoms with Crippen molar-refractivity contribution >= 4 is 27.8 Å². The molecule has 5 nitrogen and oxygen atoms in total. The van der Waals surface area contributed by atoms with Gasteiger partial charge in [-0.1, -0.05) is 28.1 Å². The largest absolute Gasteiger partial charge is 0.357 e. The van der Waals surface area contributed by atoms with E-state index in [1.807, 2.05) is 51.8 Å². The molecule has 23 heavy (non-hydrogen) atoms. The van der Waals surface area contributed by atoms with Gasteiger partial charge < -0.3 is 15.5 Å². The zero-order valence-corrected chi connectivity index (χ0v) is 16.2. The molecule has 0 spiro atoms. The zero-order chi connectivity index (χ0) is 17.5. The number of carbonyl (C=O) groups is 1. The van der Waals surface area contributed by atoms with Crippen molar-refractivity contribution in [2.75, 3.05) is 20.1 Å². The predicted octanol–water partition coefficient (Wildman–Crippen LogP) is 2.76. The Bertz CT molecular complexity index is 535. The van der Waals surface area contributed by atoms with Crippen molar-refractivity contribution in [1.82, 2.24) is 15.5 Å². The fraction of sp³-hybridized carbons (Fsp3) is 0.529. The van der Waals surface area contributed by atoms with Gasteiger partial charge in [0.2, 0.25) is 5.91 Å². The molecule has 0 unspecified atom stereocenters. The first-order valence-corrected chi connectivity index (χ1v) is 8.55. The van der Waals surface area contributed by atoms with E-state index in [4.69, 9.17) is 0 Å². The molecule has 1 aromatic rings. The average molecular weight is 383 g/mol. The predicted molar refractivity (Wildman–Crippen MR) is 99.5 cm³/mol. The highest BCUT2D eigenvalue weighted by Gasteiger charge is 2.14. The van der Waals surface area contributed by atoms with Crippen molar-refractivity contribution in [2.24, 2.45) is 4.99 Å². The summed E-state index contributed by atoms with van der Waals surface area (Å²) in [5.41, 5.74) is 0.939. The van der Waals surface area contributed by atoms with Crippen LogP contribution in [0.3, 0.4) is 0 Å². The normalized spacial score (nSPS) is 12.0. The Balaban J connectivity index is 2.69. The van der Waals surface area contributed by atoms with Crippen LogP contribution < -0.4 is 10.6 Å². The fourth-order valence-electron chi connectivity index (χ4n) is 2.01. The molecule has 0 fully saturated rings. The highest BCUT2D eigenvalue weighted by atomic mass is 79.9. The third kappa shape index (κ3) is 8.02. The van der Waals surface area contributed by atoms with Crippen LogP contribution in [0.25, 0.3) is 0 Å². The second kappa shape index (κ2) is 8.91. The summed E-state index contributed by atoms with van der Waals surface area (Å²) in [4.78, 5) is 18.3. The van der Waals surface area contributed by atoms with E-state index in [2.05, 4.69) is 43.7 Å². The maximum absolute atomic E-state index is 11.9. The topological polar surface area (TPSA) is 56.7 Å². The molecule has 0 bridgehead atoms. The Hall–Kier alpha value is -1.56. The van der Waals surface area contributed by atoms with Crippen LogP contribution >= 0.6 is 15.9 Å². The van der Waals surface area contributed by atoms with Crippen LogP contribution in [0.5, 0.6) is 0 Å². The van der Waals surface area contributed by atoms with Crippen LogP contribution in [0.2, 0.25) is 0 Å². The minimum Gasteiger partial charge on any atom is -0.357 e. The van der Waals surface area contributed by atoms with Gasteiger partial charge in [0.25, 0.3) is 0 Å². The number of nitrogens with zero attached hydrogens (tertiary/aromatic N) is 2. The lowest BCUT2D eigenvalue weighted by atomic mass is 10.1. The molecule has 0 radical (unpaired) electrons. The number of nitrogens with one attached hydrogen (secondary N) is 2. The van der Waals surface area contributed by atoms with Crippen LogP contribution in [0.15, 0.2) is 33.7 Å². The fourth-order valence-corrected chi connectivity index (χ4v) is 2.28. The molecule has 0 aromatic heterocycles. The van der Waals surface area contributed by atoms with Gasteiger partial charge in [-0.25, -0.2) is 4.99 Å². The van der Waals surface area contributed by atoms with Crippen molar-refractivity contribution in [3.8, 4) is 0 Å². The van der Waals surface area contributed by atoms with E-state index in [0.717, 1.165) is 23.5 Å². The van der Waals surface area contributed by atoms with E-state index in [1.165, 1.54) is 5.56 Å². The summed E-state index contributed by atoms with van der Waals surface area (Å²) in [5.74, 6) is 0.643. The molecule has 0 saturated heterocycles. The number of hydrogen-bond donors (Lipinski definition) is 2. The molecule has 1 aromatic carbocycles. The van der Waals surface area contributed by atoms with Crippen LogP contribution in [0.4, 0.5) is 0 Å². The monoisotopic (exact) mass is 382 g/mol. The van der Waals surface area contributed by atoms with Gasteiger partial charge in [0.1, 0.15) is 6.54 Å². The minimum atomic E-state index is -0.242. The Morgan fingerprint density at radius 1 is 1.26 bits per heavy atom. The summed E-state index contributed by atoms with van der Waals surface area (Å²) in [5, 5.41) is 6.13. The minimum absolute atomic E-state index is 0.0788. The molecule has 0 heterocycles.